The Labute approximate surface area is 146 Å². The third-order valence-electron chi connectivity index (χ3n) is 3.49. The Bertz CT molecular complexity index is 880. The monoisotopic (exact) mass is 391 g/mol. The molecule has 8 heteroatoms. The molecule has 0 unspecified atom stereocenters. The van der Waals surface area contributed by atoms with E-state index in [2.05, 4.69) is 15.9 Å². The van der Waals surface area contributed by atoms with Gasteiger partial charge in [-0.15, -0.1) is 0 Å². The molecule has 124 valence electrons. The molecule has 0 spiro atoms. The second kappa shape index (κ2) is 6.76. The molecule has 0 atom stereocenters. The highest BCUT2D eigenvalue weighted by Gasteiger charge is 2.25. The van der Waals surface area contributed by atoms with Gasteiger partial charge in [0.2, 0.25) is 0 Å². The van der Waals surface area contributed by atoms with E-state index < -0.39 is 11.9 Å². The minimum Gasteiger partial charge on any atom is -0.465 e. The van der Waals surface area contributed by atoms with Gasteiger partial charge in [0, 0.05) is 10.7 Å². The maximum absolute atomic E-state index is 12.1. The van der Waals surface area contributed by atoms with Crippen molar-refractivity contribution in [2.75, 3.05) is 20.0 Å². The molecule has 0 bridgehead atoms. The van der Waals surface area contributed by atoms with Crippen molar-refractivity contribution in [3.05, 3.63) is 45.2 Å². The number of ether oxygens (including phenoxy) is 2. The van der Waals surface area contributed by atoms with Crippen LogP contribution in [0.2, 0.25) is 0 Å². The molecular weight excluding hydrogens is 378 g/mol. The molecule has 0 aliphatic rings. The highest BCUT2D eigenvalue weighted by atomic mass is 79.9. The van der Waals surface area contributed by atoms with E-state index in [1.54, 1.807) is 12.1 Å². The van der Waals surface area contributed by atoms with Crippen LogP contribution in [0.4, 0.5) is 5.69 Å². The van der Waals surface area contributed by atoms with E-state index in [0.717, 1.165) is 5.56 Å². The lowest BCUT2D eigenvalue weighted by molar-refractivity contribution is 0.0582. The Morgan fingerprint density at radius 1 is 1.25 bits per heavy atom. The molecule has 1 heterocycles. The van der Waals surface area contributed by atoms with Crippen LogP contribution in [0.25, 0.3) is 5.69 Å². The van der Waals surface area contributed by atoms with Gasteiger partial charge in [-0.05, 0) is 24.6 Å². The van der Waals surface area contributed by atoms with Gasteiger partial charge in [0.1, 0.15) is 6.07 Å². The summed E-state index contributed by atoms with van der Waals surface area (Å²) >= 11 is 3.36. The summed E-state index contributed by atoms with van der Waals surface area (Å²) in [6.45, 7) is 1.82. The molecule has 24 heavy (non-hydrogen) atoms. The fourth-order valence-corrected chi connectivity index (χ4v) is 2.59. The van der Waals surface area contributed by atoms with Gasteiger partial charge in [0.15, 0.2) is 5.69 Å². The van der Waals surface area contributed by atoms with Crippen molar-refractivity contribution in [2.45, 2.75) is 6.92 Å². The number of nitrogen functional groups attached to an aromatic ring is 1. The highest BCUT2D eigenvalue weighted by molar-refractivity contribution is 9.10. The molecule has 1 aromatic heterocycles. The number of anilines is 1. The van der Waals surface area contributed by atoms with Crippen molar-refractivity contribution in [1.29, 1.82) is 5.26 Å². The number of aromatic nitrogens is 1. The smallest absolute Gasteiger partial charge is 0.357 e. The van der Waals surface area contributed by atoms with Crippen molar-refractivity contribution in [2.24, 2.45) is 0 Å². The number of benzene rings is 1. The third kappa shape index (κ3) is 2.86. The fourth-order valence-electron chi connectivity index (χ4n) is 2.24. The number of carbonyl (C=O) groups excluding carboxylic acids is 2. The van der Waals surface area contributed by atoms with Crippen molar-refractivity contribution < 1.29 is 19.1 Å². The summed E-state index contributed by atoms with van der Waals surface area (Å²) < 4.78 is 11.6. The van der Waals surface area contributed by atoms with Gasteiger partial charge in [-0.1, -0.05) is 15.9 Å². The predicted octanol–water partition coefficient (Wildman–Crippen LogP) is 2.58. The Kier molecular flexibility index (Phi) is 4.95. The van der Waals surface area contributed by atoms with Crippen LogP contribution in [0.5, 0.6) is 0 Å². The normalized spacial score (nSPS) is 10.1. The zero-order valence-electron chi connectivity index (χ0n) is 13.2. The highest BCUT2D eigenvalue weighted by Crippen LogP contribution is 2.30. The zero-order valence-corrected chi connectivity index (χ0v) is 14.8. The summed E-state index contributed by atoms with van der Waals surface area (Å²) in [5.74, 6) is -1.31. The lowest BCUT2D eigenvalue weighted by atomic mass is 10.1. The number of nitrogens with zero attached hydrogens (tertiary/aromatic N) is 2. The topological polar surface area (TPSA) is 107 Å². The van der Waals surface area contributed by atoms with Crippen LogP contribution in [-0.4, -0.2) is 30.7 Å². The Morgan fingerprint density at radius 2 is 1.88 bits per heavy atom. The van der Waals surface area contributed by atoms with Crippen LogP contribution in [-0.2, 0) is 9.47 Å². The number of aryl methyl sites for hydroxylation is 1. The van der Waals surface area contributed by atoms with Crippen molar-refractivity contribution in [3.8, 4) is 11.8 Å². The molecule has 0 radical (unpaired) electrons. The first-order valence-corrected chi connectivity index (χ1v) is 7.53. The van der Waals surface area contributed by atoms with Crippen molar-refractivity contribution >= 4 is 33.6 Å². The van der Waals surface area contributed by atoms with E-state index in [1.807, 2.05) is 13.0 Å². The molecule has 7 nitrogen and oxygen atoms in total. The van der Waals surface area contributed by atoms with Crippen LogP contribution in [0.15, 0.2) is 22.8 Å². The lowest BCUT2D eigenvalue weighted by Crippen LogP contribution is -2.14. The average Bonchev–Trinajstić information content (AvgIpc) is 2.91. The fraction of sp³-hybridized carbons (Fsp3) is 0.188. The summed E-state index contributed by atoms with van der Waals surface area (Å²) in [4.78, 5) is 24.2. The van der Waals surface area contributed by atoms with E-state index >= 15 is 0 Å². The Balaban J connectivity index is 2.86. The zero-order chi connectivity index (χ0) is 18.0. The van der Waals surface area contributed by atoms with Crippen LogP contribution < -0.4 is 5.73 Å². The molecule has 2 N–H and O–H groups in total. The van der Waals surface area contributed by atoms with E-state index in [-0.39, 0.29) is 22.5 Å². The van der Waals surface area contributed by atoms with Gasteiger partial charge in [-0.3, -0.25) is 0 Å². The largest absolute Gasteiger partial charge is 0.465 e. The first kappa shape index (κ1) is 17.6. The minimum atomic E-state index is -0.717. The molecule has 0 fully saturated rings. The predicted molar refractivity (Wildman–Crippen MR) is 90.0 cm³/mol. The van der Waals surface area contributed by atoms with Gasteiger partial charge in [-0.25, -0.2) is 9.59 Å². The number of esters is 2. The van der Waals surface area contributed by atoms with E-state index in [0.29, 0.717) is 10.2 Å². The quantitative estimate of drug-likeness (QED) is 0.805. The number of hydrogen-bond acceptors (Lipinski definition) is 6. The first-order valence-electron chi connectivity index (χ1n) is 6.73. The summed E-state index contributed by atoms with van der Waals surface area (Å²) in [6, 6.07) is 5.18. The molecule has 2 rings (SSSR count). The van der Waals surface area contributed by atoms with Crippen molar-refractivity contribution in [1.82, 2.24) is 4.57 Å². The average molecular weight is 392 g/mol. The number of nitrogens with two attached hydrogens (primary N) is 1. The number of halogens is 1. The number of methoxy groups -OCH3 is 2. The first-order chi connectivity index (χ1) is 11.3. The Morgan fingerprint density at radius 3 is 2.42 bits per heavy atom. The number of nitriles is 1. The summed E-state index contributed by atoms with van der Waals surface area (Å²) in [6.07, 6.45) is 1.39. The maximum Gasteiger partial charge on any atom is 0.357 e. The van der Waals surface area contributed by atoms with Gasteiger partial charge in [0.05, 0.1) is 36.7 Å². The Hall–Kier alpha value is -2.79. The molecule has 0 saturated carbocycles. The second-order valence-corrected chi connectivity index (χ2v) is 5.74. The molecule has 2 aromatic rings. The van der Waals surface area contributed by atoms with Crippen LogP contribution in [0, 0.1) is 18.3 Å². The third-order valence-corrected chi connectivity index (χ3v) is 4.34. The van der Waals surface area contributed by atoms with Crippen LogP contribution in [0.1, 0.15) is 32.0 Å². The van der Waals surface area contributed by atoms with E-state index in [9.17, 15) is 14.9 Å². The van der Waals surface area contributed by atoms with E-state index in [1.165, 1.54) is 25.0 Å². The molecule has 0 aliphatic heterocycles. The van der Waals surface area contributed by atoms with Crippen molar-refractivity contribution in [3.63, 3.8) is 0 Å². The molecule has 0 aliphatic carbocycles. The summed E-state index contributed by atoms with van der Waals surface area (Å²) in [5, 5.41) is 9.19. The number of hydrogen-bond donors (Lipinski definition) is 1. The van der Waals surface area contributed by atoms with Crippen LogP contribution in [0.3, 0.4) is 0 Å². The summed E-state index contributed by atoms with van der Waals surface area (Å²) in [7, 11) is 2.46. The van der Waals surface area contributed by atoms with Gasteiger partial charge in [-0.2, -0.15) is 5.26 Å². The minimum absolute atomic E-state index is 0.0132. The molecular formula is C16H14BrN3O4. The maximum atomic E-state index is 12.1. The van der Waals surface area contributed by atoms with Gasteiger partial charge in [0.25, 0.3) is 0 Å². The molecule has 0 amide bonds. The lowest BCUT2D eigenvalue weighted by Gasteiger charge is -2.14. The molecule has 1 aromatic carbocycles. The van der Waals surface area contributed by atoms with Gasteiger partial charge >= 0.3 is 11.9 Å². The van der Waals surface area contributed by atoms with Gasteiger partial charge < -0.3 is 19.8 Å². The number of carbonyl (C=O) groups is 2. The second-order valence-electron chi connectivity index (χ2n) is 4.89. The molecule has 0 saturated heterocycles. The summed E-state index contributed by atoms with van der Waals surface area (Å²) in [5.41, 5.74) is 7.33. The van der Waals surface area contributed by atoms with Crippen LogP contribution >= 0.6 is 15.9 Å². The standard InChI is InChI=1S/C16H14BrN3O4/c1-8-4-12(10(5-11(8)17)15(21)23-2)20-7-9(6-18)13(19)14(20)16(22)24-3/h4-5,7H,19H2,1-3H3. The SMILES string of the molecule is COC(=O)c1cc(Br)c(C)cc1-n1cc(C#N)c(N)c1C(=O)OC. The van der Waals surface area contributed by atoms with E-state index in [4.69, 9.17) is 15.2 Å². The number of rotatable bonds is 3.